The van der Waals surface area contributed by atoms with Crippen molar-refractivity contribution in [3.05, 3.63) is 29.8 Å². The van der Waals surface area contributed by atoms with Crippen molar-refractivity contribution >= 4 is 5.91 Å². The standard InChI is InChI=1S/C18H28N2O2/c1-3-22-17-7-4-15(5-8-17)6-9-18(21)20-12-10-16(11-13-20)14-19-2/h4-5,7-8,16,19H,3,6,9-14H2,1-2H3. The maximum atomic E-state index is 12.3. The van der Waals surface area contributed by atoms with Crippen LogP contribution in [0, 0.1) is 5.92 Å². The fraction of sp³-hybridized carbons (Fsp3) is 0.611. The fourth-order valence-electron chi connectivity index (χ4n) is 3.00. The minimum absolute atomic E-state index is 0.289. The van der Waals surface area contributed by atoms with Gasteiger partial charge in [0.2, 0.25) is 5.91 Å². The summed E-state index contributed by atoms with van der Waals surface area (Å²) in [6.45, 7) is 5.55. The van der Waals surface area contributed by atoms with Gasteiger partial charge in [0.1, 0.15) is 5.75 Å². The Labute approximate surface area is 133 Å². The number of hydrogen-bond donors (Lipinski definition) is 1. The highest BCUT2D eigenvalue weighted by molar-refractivity contribution is 5.76. The van der Waals surface area contributed by atoms with E-state index in [0.29, 0.717) is 13.0 Å². The van der Waals surface area contributed by atoms with Crippen LogP contribution in [0.5, 0.6) is 5.75 Å². The molecule has 1 aromatic carbocycles. The number of hydrogen-bond acceptors (Lipinski definition) is 3. The van der Waals surface area contributed by atoms with Gasteiger partial charge in [-0.15, -0.1) is 0 Å². The Morgan fingerprint density at radius 2 is 1.95 bits per heavy atom. The highest BCUT2D eigenvalue weighted by Gasteiger charge is 2.21. The van der Waals surface area contributed by atoms with E-state index in [2.05, 4.69) is 17.4 Å². The molecule has 0 bridgehead atoms. The van der Waals surface area contributed by atoms with E-state index < -0.39 is 0 Å². The van der Waals surface area contributed by atoms with Crippen LogP contribution in [-0.2, 0) is 11.2 Å². The summed E-state index contributed by atoms with van der Waals surface area (Å²) in [5.41, 5.74) is 1.20. The Balaban J connectivity index is 1.73. The molecular formula is C18H28N2O2. The van der Waals surface area contributed by atoms with Gasteiger partial charge >= 0.3 is 0 Å². The second-order valence-corrected chi connectivity index (χ2v) is 5.96. The zero-order chi connectivity index (χ0) is 15.8. The van der Waals surface area contributed by atoms with Crippen molar-refractivity contribution in [2.24, 2.45) is 5.92 Å². The number of ether oxygens (including phenoxy) is 1. The van der Waals surface area contributed by atoms with Crippen molar-refractivity contribution in [2.75, 3.05) is 33.3 Å². The lowest BCUT2D eigenvalue weighted by molar-refractivity contribution is -0.132. The SMILES string of the molecule is CCOc1ccc(CCC(=O)N2CCC(CNC)CC2)cc1. The van der Waals surface area contributed by atoms with Crippen LogP contribution in [0.3, 0.4) is 0 Å². The number of rotatable bonds is 7. The normalized spacial score (nSPS) is 15.8. The third-order valence-corrected chi connectivity index (χ3v) is 4.32. The molecule has 1 N–H and O–H groups in total. The number of likely N-dealkylation sites (tertiary alicyclic amines) is 1. The number of carbonyl (C=O) groups is 1. The van der Waals surface area contributed by atoms with Crippen molar-refractivity contribution < 1.29 is 9.53 Å². The number of carbonyl (C=O) groups excluding carboxylic acids is 1. The fourth-order valence-corrected chi connectivity index (χ4v) is 3.00. The van der Waals surface area contributed by atoms with Gasteiger partial charge in [-0.3, -0.25) is 4.79 Å². The molecule has 0 radical (unpaired) electrons. The van der Waals surface area contributed by atoms with Gasteiger partial charge in [-0.25, -0.2) is 0 Å². The molecule has 122 valence electrons. The summed E-state index contributed by atoms with van der Waals surface area (Å²) in [5, 5.41) is 3.23. The minimum atomic E-state index is 0.289. The topological polar surface area (TPSA) is 41.6 Å². The van der Waals surface area contributed by atoms with Gasteiger partial charge in [0.25, 0.3) is 0 Å². The molecule has 4 heteroatoms. The molecule has 0 atom stereocenters. The van der Waals surface area contributed by atoms with Crippen LogP contribution >= 0.6 is 0 Å². The molecule has 4 nitrogen and oxygen atoms in total. The molecule has 2 rings (SSSR count). The Morgan fingerprint density at radius 3 is 2.55 bits per heavy atom. The van der Waals surface area contributed by atoms with Crippen LogP contribution in [0.15, 0.2) is 24.3 Å². The second kappa shape index (κ2) is 8.79. The first kappa shape index (κ1) is 16.8. The zero-order valence-electron chi connectivity index (χ0n) is 13.8. The molecule has 1 fully saturated rings. The van der Waals surface area contributed by atoms with Crippen LogP contribution in [0.1, 0.15) is 31.7 Å². The maximum absolute atomic E-state index is 12.3. The molecule has 0 aromatic heterocycles. The number of nitrogens with zero attached hydrogens (tertiary/aromatic N) is 1. The predicted molar refractivity (Wildman–Crippen MR) is 89.2 cm³/mol. The van der Waals surface area contributed by atoms with Gasteiger partial charge in [0, 0.05) is 19.5 Å². The molecule has 1 aliphatic heterocycles. The summed E-state index contributed by atoms with van der Waals surface area (Å²) >= 11 is 0. The first-order valence-corrected chi connectivity index (χ1v) is 8.37. The van der Waals surface area contributed by atoms with Crippen molar-refractivity contribution in [2.45, 2.75) is 32.6 Å². The number of amides is 1. The van der Waals surface area contributed by atoms with E-state index >= 15 is 0 Å². The molecule has 0 spiro atoms. The van der Waals surface area contributed by atoms with Crippen LogP contribution in [-0.4, -0.2) is 44.1 Å². The summed E-state index contributed by atoms with van der Waals surface area (Å²) in [4.78, 5) is 14.3. The monoisotopic (exact) mass is 304 g/mol. The Hall–Kier alpha value is -1.55. The molecule has 1 saturated heterocycles. The third-order valence-electron chi connectivity index (χ3n) is 4.32. The lowest BCUT2D eigenvalue weighted by atomic mass is 9.96. The van der Waals surface area contributed by atoms with Crippen LogP contribution < -0.4 is 10.1 Å². The van der Waals surface area contributed by atoms with Crippen molar-refractivity contribution in [3.63, 3.8) is 0 Å². The van der Waals surface area contributed by atoms with Crippen molar-refractivity contribution in [1.29, 1.82) is 0 Å². The van der Waals surface area contributed by atoms with Gasteiger partial charge in [-0.1, -0.05) is 12.1 Å². The second-order valence-electron chi connectivity index (χ2n) is 5.96. The predicted octanol–water partition coefficient (Wildman–Crippen LogP) is 2.48. The van der Waals surface area contributed by atoms with Crippen LogP contribution in [0.25, 0.3) is 0 Å². The van der Waals surface area contributed by atoms with Gasteiger partial charge in [-0.05, 0) is 63.4 Å². The Bertz CT molecular complexity index is 451. The average Bonchev–Trinajstić information content (AvgIpc) is 2.55. The molecule has 0 saturated carbocycles. The summed E-state index contributed by atoms with van der Waals surface area (Å²) in [6, 6.07) is 8.06. The van der Waals surface area contributed by atoms with Gasteiger partial charge in [0.05, 0.1) is 6.61 Å². The van der Waals surface area contributed by atoms with Crippen molar-refractivity contribution in [3.8, 4) is 5.75 Å². The van der Waals surface area contributed by atoms with E-state index in [-0.39, 0.29) is 5.91 Å². The van der Waals surface area contributed by atoms with E-state index in [4.69, 9.17) is 4.74 Å². The average molecular weight is 304 g/mol. The highest BCUT2D eigenvalue weighted by Crippen LogP contribution is 2.18. The van der Waals surface area contributed by atoms with Gasteiger partial charge in [-0.2, -0.15) is 0 Å². The van der Waals surface area contributed by atoms with Gasteiger partial charge < -0.3 is 15.0 Å². The first-order valence-electron chi connectivity index (χ1n) is 8.37. The minimum Gasteiger partial charge on any atom is -0.494 e. The summed E-state index contributed by atoms with van der Waals surface area (Å²) in [7, 11) is 1.99. The highest BCUT2D eigenvalue weighted by atomic mass is 16.5. The summed E-state index contributed by atoms with van der Waals surface area (Å²) < 4.78 is 5.43. The number of piperidine rings is 1. The molecule has 0 aliphatic carbocycles. The van der Waals surface area contributed by atoms with E-state index in [0.717, 1.165) is 50.6 Å². The molecule has 1 aliphatic rings. The molecule has 1 aromatic rings. The molecule has 0 unspecified atom stereocenters. The molecule has 1 amide bonds. The molecule has 22 heavy (non-hydrogen) atoms. The first-order chi connectivity index (χ1) is 10.7. The van der Waals surface area contributed by atoms with Gasteiger partial charge in [0.15, 0.2) is 0 Å². The third kappa shape index (κ3) is 5.02. The van der Waals surface area contributed by atoms with E-state index in [1.807, 2.05) is 31.0 Å². The summed E-state index contributed by atoms with van der Waals surface area (Å²) in [5.74, 6) is 1.90. The number of nitrogens with one attached hydrogen (secondary N) is 1. The van der Waals surface area contributed by atoms with E-state index in [1.54, 1.807) is 0 Å². The van der Waals surface area contributed by atoms with E-state index in [9.17, 15) is 4.79 Å². The Kier molecular flexibility index (Phi) is 6.72. The smallest absolute Gasteiger partial charge is 0.222 e. The molecular weight excluding hydrogens is 276 g/mol. The zero-order valence-corrected chi connectivity index (χ0v) is 13.8. The van der Waals surface area contributed by atoms with Crippen LogP contribution in [0.4, 0.5) is 0 Å². The Morgan fingerprint density at radius 1 is 1.27 bits per heavy atom. The van der Waals surface area contributed by atoms with Crippen LogP contribution in [0.2, 0.25) is 0 Å². The lowest BCUT2D eigenvalue weighted by Gasteiger charge is -2.32. The quantitative estimate of drug-likeness (QED) is 0.841. The lowest BCUT2D eigenvalue weighted by Crippen LogP contribution is -2.40. The largest absolute Gasteiger partial charge is 0.494 e. The summed E-state index contributed by atoms with van der Waals surface area (Å²) in [6.07, 6.45) is 3.65. The molecule has 1 heterocycles. The number of benzene rings is 1. The maximum Gasteiger partial charge on any atom is 0.222 e. The van der Waals surface area contributed by atoms with Crippen molar-refractivity contribution in [1.82, 2.24) is 10.2 Å². The van der Waals surface area contributed by atoms with E-state index in [1.165, 1.54) is 5.56 Å². The number of aryl methyl sites for hydroxylation is 1.